The molecule has 0 aromatic heterocycles. The second kappa shape index (κ2) is 31.2. The molecule has 0 saturated carbocycles. The van der Waals surface area contributed by atoms with Gasteiger partial charge in [-0.15, -0.1) is 0 Å². The highest BCUT2D eigenvalue weighted by Gasteiger charge is 2.60. The number of aryl methyl sites for hydroxylation is 1. The number of carbonyl (C=O) groups is 1. The Morgan fingerprint density at radius 1 is 0.306 bits per heavy atom. The molecule has 21 fully saturated rings. The topological polar surface area (TPSA) is 563 Å². The third kappa shape index (κ3) is 14.2. The summed E-state index contributed by atoms with van der Waals surface area (Å²) >= 11 is 0. The van der Waals surface area contributed by atoms with Crippen LogP contribution in [-0.2, 0) is 77.5 Å². The molecule has 36 heteroatoms. The minimum atomic E-state index is -2.25. The summed E-state index contributed by atoms with van der Waals surface area (Å²) in [5, 5.41) is 235. The number of hydrogen-bond donors (Lipinski definition) is 21. The first kappa shape index (κ1) is 73.8. The molecular weight excluding hydrogens is 1320 g/mol. The van der Waals surface area contributed by atoms with Crippen LogP contribution in [0, 0.1) is 0 Å². The average molecular weight is 1400 g/mol. The Bertz CT molecular complexity index is 3220. The molecule has 0 spiro atoms. The van der Waals surface area contributed by atoms with E-state index in [9.17, 15) is 107 Å². The fourth-order valence-corrected chi connectivity index (χ4v) is 14.2. The van der Waals surface area contributed by atoms with Gasteiger partial charge >= 0.3 is 0 Å². The van der Waals surface area contributed by atoms with Crippen molar-refractivity contribution in [2.24, 2.45) is 0 Å². The summed E-state index contributed by atoms with van der Waals surface area (Å²) in [5.41, 5.74) is 0.971. The highest BCUT2D eigenvalue weighted by atomic mass is 16.8. The Kier molecular flexibility index (Phi) is 23.5. The van der Waals surface area contributed by atoms with Gasteiger partial charge < -0.3 is 174 Å². The molecule has 35 atom stereocenters. The van der Waals surface area contributed by atoms with Crippen LogP contribution in [0.1, 0.15) is 18.4 Å². The molecule has 25 rings (SSSR count). The van der Waals surface area contributed by atoms with Gasteiger partial charge in [-0.25, -0.2) is 0 Å². The third-order valence-corrected chi connectivity index (χ3v) is 19.6. The summed E-state index contributed by atoms with van der Waals surface area (Å²) in [6.07, 6.45) is -70.5. The number of benzene rings is 4. The van der Waals surface area contributed by atoms with Crippen LogP contribution in [0.15, 0.2) is 54.6 Å². The fraction of sp³-hybridized carbons (Fsp3) is 0.726. The molecule has 14 bridgehead atoms. The van der Waals surface area contributed by atoms with E-state index in [0.29, 0.717) is 12.8 Å². The van der Waals surface area contributed by atoms with Crippen LogP contribution in [0.2, 0.25) is 0 Å². The number of aliphatic hydroxyl groups excluding tert-OH is 20. The predicted octanol–water partition coefficient (Wildman–Crippen LogP) is -10.2. The minimum Gasteiger partial charge on any atom is -0.394 e. The number of ether oxygens (including phenoxy) is 14. The summed E-state index contributed by atoms with van der Waals surface area (Å²) in [4.78, 5) is 13.8. The zero-order chi connectivity index (χ0) is 69.9. The van der Waals surface area contributed by atoms with Crippen molar-refractivity contribution in [2.45, 2.75) is 234 Å². The van der Waals surface area contributed by atoms with Crippen molar-refractivity contribution in [1.82, 2.24) is 5.32 Å². The van der Waals surface area contributed by atoms with E-state index in [1.165, 1.54) is 0 Å². The number of rotatable bonds is 12. The monoisotopic (exact) mass is 1400 g/mol. The second-order valence-corrected chi connectivity index (χ2v) is 25.7. The van der Waals surface area contributed by atoms with E-state index in [-0.39, 0.29) is 6.42 Å². The lowest BCUT2D eigenvalue weighted by Gasteiger charge is -2.50. The molecule has 21 saturated heterocycles. The van der Waals surface area contributed by atoms with E-state index in [2.05, 4.69) is 11.4 Å². The summed E-state index contributed by atoms with van der Waals surface area (Å²) in [6.45, 7) is -6.97. The Morgan fingerprint density at radius 3 is 0.857 bits per heavy atom. The van der Waals surface area contributed by atoms with E-state index >= 15 is 0 Å². The molecule has 4 aromatic rings. The lowest BCUT2D eigenvalue weighted by Crippen LogP contribution is -2.68. The van der Waals surface area contributed by atoms with E-state index in [4.69, 9.17) is 66.3 Å². The van der Waals surface area contributed by atoms with Crippen molar-refractivity contribution in [2.75, 3.05) is 46.2 Å². The van der Waals surface area contributed by atoms with Crippen molar-refractivity contribution < 1.29 is 173 Å². The Labute approximate surface area is 555 Å². The van der Waals surface area contributed by atoms with E-state index in [1.807, 2.05) is 48.5 Å². The van der Waals surface area contributed by atoms with Crippen LogP contribution in [0.5, 0.6) is 0 Å². The summed E-state index contributed by atoms with van der Waals surface area (Å²) in [5.74, 6) is -0.558. The number of hydrogen-bond acceptors (Lipinski definition) is 35. The number of carbonyl (C=O) groups excluding carboxylic acids is 1. The van der Waals surface area contributed by atoms with Gasteiger partial charge in [0.2, 0.25) is 5.91 Å². The molecule has 0 aliphatic carbocycles. The Hall–Kier alpha value is -3.97. The molecular formula is C62H85NO35. The molecule has 21 N–H and O–H groups in total. The molecule has 36 nitrogen and oxygen atoms in total. The first-order valence-corrected chi connectivity index (χ1v) is 32.3. The van der Waals surface area contributed by atoms with Gasteiger partial charge in [-0.3, -0.25) is 4.79 Å². The van der Waals surface area contributed by atoms with Crippen molar-refractivity contribution in [3.63, 3.8) is 0 Å². The van der Waals surface area contributed by atoms with Crippen molar-refractivity contribution in [1.29, 1.82) is 0 Å². The average Bonchev–Trinajstić information content (AvgIpc) is 0.742. The molecule has 548 valence electrons. The molecule has 98 heavy (non-hydrogen) atoms. The molecule has 0 radical (unpaired) electrons. The van der Waals surface area contributed by atoms with Crippen LogP contribution >= 0.6 is 0 Å². The van der Waals surface area contributed by atoms with Crippen LogP contribution in [-0.4, -0.2) is 369 Å². The highest BCUT2D eigenvalue weighted by Crippen LogP contribution is 2.41. The first-order chi connectivity index (χ1) is 47.0. The van der Waals surface area contributed by atoms with Gasteiger partial charge in [-0.1, -0.05) is 54.6 Å². The molecule has 21 heterocycles. The molecule has 1 amide bonds. The first-order valence-electron chi connectivity index (χ1n) is 32.3. The summed E-state index contributed by atoms with van der Waals surface area (Å²) in [7, 11) is 0. The minimum absolute atomic E-state index is 0.0775. The van der Waals surface area contributed by atoms with Crippen molar-refractivity contribution in [3.05, 3.63) is 60.2 Å². The Balaban J connectivity index is 0.811. The van der Waals surface area contributed by atoms with Crippen molar-refractivity contribution >= 4 is 38.2 Å². The number of aliphatic hydroxyl groups is 20. The maximum Gasteiger partial charge on any atom is 0.220 e. The standard InChI is InChI=1S/C62H85NO35/c64-14-26-50-37(73)44(80)58(87-26)95-52-28(16-66)89-60(46(82)39(52)75)97-54-30(18-68)91-62(48(84)41(54)77)98-55-31(19-69)90-61(47(83)40(55)76)96-53-29(17-67)88-59(45(81)38(53)74)94-51-27(15-65)86-57(43(79)36(51)72)92-49-25(85-56(93-50)42(78)35(49)71)13-63-32(70)6-2-3-20-7-8-23-10-9-21-4-1-5-22-11-12-24(20)34(23)33(21)22/h1,4-5,7-12,25-31,35-62,64-69,71-84H,2-3,6,13-19H2,(H,63,70)/t25-,26-,27-,28-,29-,30-,31-,35-,36-,37-,38-,39-,40-,41-,42-,43-,44-,45-,46-,47-,48-,49-,50-,51-,52-,53-,54-,55-,56-,57-,58-,59-,60-,61-,62-/m1/s1. The maximum absolute atomic E-state index is 13.8. The predicted molar refractivity (Wildman–Crippen MR) is 317 cm³/mol. The number of amides is 1. The van der Waals surface area contributed by atoms with Gasteiger partial charge in [0.05, 0.1) is 39.6 Å². The molecule has 0 unspecified atom stereocenters. The van der Waals surface area contributed by atoms with Crippen LogP contribution in [0.3, 0.4) is 0 Å². The van der Waals surface area contributed by atoms with Crippen LogP contribution < -0.4 is 5.32 Å². The largest absolute Gasteiger partial charge is 0.394 e. The van der Waals surface area contributed by atoms with Gasteiger partial charge in [-0.05, 0) is 50.7 Å². The van der Waals surface area contributed by atoms with Crippen molar-refractivity contribution in [3.8, 4) is 0 Å². The Morgan fingerprint density at radius 2 is 0.561 bits per heavy atom. The number of nitrogens with one attached hydrogen (secondary N) is 1. The van der Waals surface area contributed by atoms with E-state index in [0.717, 1.165) is 37.9 Å². The SMILES string of the molecule is O=C(CCCc1ccc2ccc3cccc4ccc1c2c34)NC[C@H]1O[C@@H]2O[C@H]3[C@H](O)[C@@H](O)[C@@H](O[C@H]4[C@H](O)[C@@H](O)[C@@H](O[C@H]5[C@H](O)[C@@H](O)[C@@H](O[C@H]6[C@H](O)[C@@H](O)[C@@H](O[C@H]7[C@H](O)[C@@H](O)[C@@H](O[C@H]8[C@H](O)[C@@H](O)[C@@H](O[C@H]1[C@H](O)[C@H]2O)O[C@@H]8CO)O[C@@H]7CO)O[C@@H]6CO)O[C@@H]5CO)O[C@@H]4CO)O[C@@H]3CO. The zero-order valence-electron chi connectivity index (χ0n) is 52.0. The quantitative estimate of drug-likeness (QED) is 0.0586. The highest BCUT2D eigenvalue weighted by molar-refractivity contribution is 6.23. The summed E-state index contributed by atoms with van der Waals surface area (Å²) < 4.78 is 81.8. The molecule has 21 aliphatic heterocycles. The van der Waals surface area contributed by atoms with Gasteiger partial charge in [-0.2, -0.15) is 0 Å². The van der Waals surface area contributed by atoms with Gasteiger partial charge in [0.15, 0.2) is 44.0 Å². The molecule has 4 aromatic carbocycles. The van der Waals surface area contributed by atoms with Crippen LogP contribution in [0.4, 0.5) is 0 Å². The van der Waals surface area contributed by atoms with Crippen LogP contribution in [0.25, 0.3) is 32.3 Å². The molecule has 21 aliphatic rings. The van der Waals surface area contributed by atoms with E-state index in [1.54, 1.807) is 0 Å². The summed E-state index contributed by atoms with van der Waals surface area (Å²) in [6, 6.07) is 18.2. The fourth-order valence-electron chi connectivity index (χ4n) is 14.2. The van der Waals surface area contributed by atoms with Gasteiger partial charge in [0.25, 0.3) is 0 Å². The van der Waals surface area contributed by atoms with Gasteiger partial charge in [0.1, 0.15) is 171 Å². The second-order valence-electron chi connectivity index (χ2n) is 25.7. The maximum atomic E-state index is 13.8. The van der Waals surface area contributed by atoms with E-state index < -0.39 is 267 Å². The normalized spacial score (nSPS) is 46.1. The zero-order valence-corrected chi connectivity index (χ0v) is 52.0. The lowest BCUT2D eigenvalue weighted by molar-refractivity contribution is -0.396. The lowest BCUT2D eigenvalue weighted by atomic mass is 9.90. The smallest absolute Gasteiger partial charge is 0.220 e. The van der Waals surface area contributed by atoms with Gasteiger partial charge in [0, 0.05) is 13.0 Å². The third-order valence-electron chi connectivity index (χ3n) is 19.6.